The van der Waals surface area contributed by atoms with Crippen molar-refractivity contribution in [2.75, 3.05) is 39.6 Å². The molecule has 0 aromatic heterocycles. The van der Waals surface area contributed by atoms with Crippen LogP contribution in [0.5, 0.6) is 0 Å². The smallest absolute Gasteiger partial charge is 0.462 e. The normalized spacial score (nSPS) is 14.2. The van der Waals surface area contributed by atoms with Gasteiger partial charge in [-0.25, -0.2) is 9.13 Å². The summed E-state index contributed by atoms with van der Waals surface area (Å²) in [5, 5.41) is 10.6. The van der Waals surface area contributed by atoms with Crippen molar-refractivity contribution in [3.05, 3.63) is 0 Å². The van der Waals surface area contributed by atoms with Gasteiger partial charge in [-0.3, -0.25) is 37.3 Å². The minimum atomic E-state index is -4.96. The van der Waals surface area contributed by atoms with Crippen LogP contribution in [0.4, 0.5) is 0 Å². The maximum Gasteiger partial charge on any atom is 0.472 e. The lowest BCUT2D eigenvalue weighted by molar-refractivity contribution is -0.161. The van der Waals surface area contributed by atoms with E-state index >= 15 is 0 Å². The van der Waals surface area contributed by atoms with Crippen LogP contribution in [0.25, 0.3) is 0 Å². The van der Waals surface area contributed by atoms with Gasteiger partial charge in [0.1, 0.15) is 19.3 Å². The van der Waals surface area contributed by atoms with Crippen molar-refractivity contribution in [3.63, 3.8) is 0 Å². The molecule has 0 saturated carbocycles. The van der Waals surface area contributed by atoms with E-state index in [1.54, 1.807) is 0 Å². The van der Waals surface area contributed by atoms with E-state index in [-0.39, 0.29) is 25.7 Å². The Morgan fingerprint density at radius 1 is 0.299 bits per heavy atom. The van der Waals surface area contributed by atoms with Crippen molar-refractivity contribution in [2.24, 2.45) is 11.8 Å². The Hall–Kier alpha value is -1.94. The van der Waals surface area contributed by atoms with E-state index in [0.717, 1.165) is 102 Å². The summed E-state index contributed by atoms with van der Waals surface area (Å²) < 4.78 is 68.5. The molecular formula is C78H152O17P2. The van der Waals surface area contributed by atoms with Crippen LogP contribution < -0.4 is 0 Å². The minimum Gasteiger partial charge on any atom is -0.462 e. The summed E-state index contributed by atoms with van der Waals surface area (Å²) >= 11 is 0. The number of hydrogen-bond acceptors (Lipinski definition) is 15. The van der Waals surface area contributed by atoms with E-state index in [9.17, 15) is 43.2 Å². The molecule has 0 amide bonds. The first kappa shape index (κ1) is 95.1. The van der Waals surface area contributed by atoms with Gasteiger partial charge in [-0.1, -0.05) is 356 Å². The van der Waals surface area contributed by atoms with Gasteiger partial charge in [0.15, 0.2) is 12.2 Å². The Kier molecular flexibility index (Phi) is 68.4. The van der Waals surface area contributed by atoms with Crippen molar-refractivity contribution < 1.29 is 80.2 Å². The van der Waals surface area contributed by atoms with Crippen LogP contribution in [0.1, 0.15) is 408 Å². The minimum absolute atomic E-state index is 0.103. The van der Waals surface area contributed by atoms with Crippen LogP contribution in [0.3, 0.4) is 0 Å². The highest BCUT2D eigenvalue weighted by Crippen LogP contribution is 2.45. The average Bonchev–Trinajstić information content (AvgIpc) is 1.46. The molecule has 19 heteroatoms. The second-order valence-electron chi connectivity index (χ2n) is 28.8. The number of aliphatic hydroxyl groups is 1. The third-order valence-electron chi connectivity index (χ3n) is 18.6. The van der Waals surface area contributed by atoms with E-state index in [2.05, 4.69) is 41.5 Å². The van der Waals surface area contributed by atoms with Crippen molar-refractivity contribution in [1.82, 2.24) is 0 Å². The quantitative estimate of drug-likeness (QED) is 0.0222. The summed E-state index contributed by atoms with van der Waals surface area (Å²) in [7, 11) is -9.91. The predicted octanol–water partition coefficient (Wildman–Crippen LogP) is 23.1. The fraction of sp³-hybridized carbons (Fsp3) is 0.949. The standard InChI is InChI=1S/C78H152O17P2/c1-7-10-12-14-16-18-19-20-21-22-23-24-28-31-34-38-42-49-55-61-76(81)89-66-73(94-77(82)62-56-50-43-39-35-32-29-26-25-27-30-33-37-40-46-52-58-70(4)5)68-92-96(84,85)90-64-72(79)65-91-97(86,87)93-69-74(67-88-75(80)60-54-48-41-36-17-15-13-11-8-2)95-78(83)63-57-51-45-44-47-53-59-71(6)9-3/h70-74,79H,7-69H2,1-6H3,(H,84,85)(H,86,87)/t71?,72-,73-,74-/m1/s1. The van der Waals surface area contributed by atoms with Crippen LogP contribution in [-0.2, 0) is 65.4 Å². The zero-order valence-electron chi connectivity index (χ0n) is 63.4. The zero-order chi connectivity index (χ0) is 71.4. The number of esters is 4. The number of carbonyl (C=O) groups excluding carboxylic acids is 4. The molecule has 0 bridgehead atoms. The van der Waals surface area contributed by atoms with Crippen molar-refractivity contribution >= 4 is 39.5 Å². The third-order valence-corrected chi connectivity index (χ3v) is 20.5. The first-order chi connectivity index (χ1) is 46.9. The molecule has 0 radical (unpaired) electrons. The topological polar surface area (TPSA) is 237 Å². The molecule has 576 valence electrons. The highest BCUT2D eigenvalue weighted by Gasteiger charge is 2.30. The molecule has 0 aromatic rings. The molecule has 6 atom stereocenters. The van der Waals surface area contributed by atoms with Gasteiger partial charge in [-0.2, -0.15) is 0 Å². The van der Waals surface area contributed by atoms with E-state index in [0.29, 0.717) is 25.7 Å². The summed E-state index contributed by atoms with van der Waals surface area (Å²) in [4.78, 5) is 72.8. The second kappa shape index (κ2) is 69.8. The highest BCUT2D eigenvalue weighted by molar-refractivity contribution is 7.47. The molecule has 0 aliphatic rings. The molecule has 0 heterocycles. The fourth-order valence-corrected chi connectivity index (χ4v) is 13.6. The van der Waals surface area contributed by atoms with Crippen LogP contribution in [0.2, 0.25) is 0 Å². The number of hydrogen-bond donors (Lipinski definition) is 3. The molecule has 0 aromatic carbocycles. The van der Waals surface area contributed by atoms with Gasteiger partial charge in [0, 0.05) is 25.7 Å². The molecule has 0 spiro atoms. The number of phosphoric acid groups is 2. The van der Waals surface area contributed by atoms with Gasteiger partial charge in [0.05, 0.1) is 26.4 Å². The van der Waals surface area contributed by atoms with Gasteiger partial charge in [-0.05, 0) is 37.5 Å². The lowest BCUT2D eigenvalue weighted by Gasteiger charge is -2.21. The van der Waals surface area contributed by atoms with E-state index in [1.807, 2.05) is 0 Å². The van der Waals surface area contributed by atoms with Gasteiger partial charge in [0.2, 0.25) is 0 Å². The molecule has 3 N–H and O–H groups in total. The number of carbonyl (C=O) groups is 4. The number of phosphoric ester groups is 2. The van der Waals surface area contributed by atoms with E-state index < -0.39 is 97.5 Å². The highest BCUT2D eigenvalue weighted by atomic mass is 31.2. The summed E-state index contributed by atoms with van der Waals surface area (Å²) in [5.41, 5.74) is 0. The molecule has 0 aliphatic carbocycles. The molecule has 17 nitrogen and oxygen atoms in total. The van der Waals surface area contributed by atoms with Crippen LogP contribution in [-0.4, -0.2) is 96.7 Å². The fourth-order valence-electron chi connectivity index (χ4n) is 12.0. The molecule has 0 fully saturated rings. The monoisotopic (exact) mass is 1420 g/mol. The van der Waals surface area contributed by atoms with Crippen molar-refractivity contribution in [2.45, 2.75) is 426 Å². The first-order valence-electron chi connectivity index (χ1n) is 40.5. The summed E-state index contributed by atoms with van der Waals surface area (Å²) in [5.74, 6) is -0.588. The Morgan fingerprint density at radius 3 is 0.784 bits per heavy atom. The van der Waals surface area contributed by atoms with Crippen molar-refractivity contribution in [1.29, 1.82) is 0 Å². The maximum atomic E-state index is 13.1. The molecular weight excluding hydrogens is 1270 g/mol. The van der Waals surface area contributed by atoms with Crippen LogP contribution >= 0.6 is 15.6 Å². The molecule has 3 unspecified atom stereocenters. The Morgan fingerprint density at radius 2 is 0.526 bits per heavy atom. The molecule has 97 heavy (non-hydrogen) atoms. The number of unbranched alkanes of at least 4 members (excludes halogenated alkanes) is 46. The third kappa shape index (κ3) is 70.9. The van der Waals surface area contributed by atoms with E-state index in [4.69, 9.17) is 37.0 Å². The van der Waals surface area contributed by atoms with Crippen molar-refractivity contribution in [3.8, 4) is 0 Å². The first-order valence-corrected chi connectivity index (χ1v) is 43.5. The van der Waals surface area contributed by atoms with Crippen LogP contribution in [0.15, 0.2) is 0 Å². The molecule has 0 saturated heterocycles. The summed E-state index contributed by atoms with van der Waals surface area (Å²) in [6, 6.07) is 0. The lowest BCUT2D eigenvalue weighted by Crippen LogP contribution is -2.30. The Bertz CT molecular complexity index is 1870. The maximum absolute atomic E-state index is 13.1. The van der Waals surface area contributed by atoms with E-state index in [1.165, 1.54) is 225 Å². The Labute approximate surface area is 594 Å². The van der Waals surface area contributed by atoms with Gasteiger partial charge < -0.3 is 33.8 Å². The van der Waals surface area contributed by atoms with Gasteiger partial charge in [-0.15, -0.1) is 0 Å². The van der Waals surface area contributed by atoms with Gasteiger partial charge in [0.25, 0.3) is 0 Å². The lowest BCUT2D eigenvalue weighted by atomic mass is 10.00. The number of rotatable bonds is 77. The predicted molar refractivity (Wildman–Crippen MR) is 395 cm³/mol. The summed E-state index contributed by atoms with van der Waals surface area (Å²) in [6.07, 6.45) is 58.5. The van der Waals surface area contributed by atoms with Gasteiger partial charge >= 0.3 is 39.5 Å². The van der Waals surface area contributed by atoms with Crippen LogP contribution in [0, 0.1) is 11.8 Å². The average molecular weight is 1420 g/mol. The SMILES string of the molecule is CCCCCCCCCCCCCCCCCCCCCC(=O)OC[C@H](COP(=O)(O)OC[C@@H](O)COP(=O)(O)OC[C@@H](COC(=O)CCCCCCCCCCC)OC(=O)CCCCCCCCC(C)CC)OC(=O)CCCCCCCCCCCCCCCCCCC(C)C. The summed E-state index contributed by atoms with van der Waals surface area (Å²) in [6.45, 7) is 9.57. The zero-order valence-corrected chi connectivity index (χ0v) is 65.2. The molecule has 0 rings (SSSR count). The molecule has 0 aliphatic heterocycles. The Balaban J connectivity index is 5.19. The second-order valence-corrected chi connectivity index (χ2v) is 31.7. The number of aliphatic hydroxyl groups excluding tert-OH is 1. The number of ether oxygens (including phenoxy) is 4. The largest absolute Gasteiger partial charge is 0.472 e.